The van der Waals surface area contributed by atoms with Gasteiger partial charge in [-0.15, -0.1) is 0 Å². The van der Waals surface area contributed by atoms with E-state index in [0.29, 0.717) is 28.3 Å². The number of hydrogen-bond donors (Lipinski definition) is 0. The fraction of sp³-hybridized carbons (Fsp3) is 0.308. The SMILES string of the molecule is CC(=O)SCCC#Cc1ccc(F)c(C)c1Cl. The molecule has 1 aromatic carbocycles. The van der Waals surface area contributed by atoms with Crippen molar-refractivity contribution in [3.05, 3.63) is 34.1 Å². The molecular formula is C13H12ClFOS. The van der Waals surface area contributed by atoms with Gasteiger partial charge in [0, 0.05) is 30.2 Å². The highest BCUT2D eigenvalue weighted by Crippen LogP contribution is 2.22. The molecule has 0 fully saturated rings. The molecule has 0 heterocycles. The lowest BCUT2D eigenvalue weighted by Gasteiger charge is -2.01. The average molecular weight is 271 g/mol. The van der Waals surface area contributed by atoms with Crippen LogP contribution < -0.4 is 0 Å². The molecule has 1 rings (SSSR count). The number of hydrogen-bond acceptors (Lipinski definition) is 2. The van der Waals surface area contributed by atoms with Crippen molar-refractivity contribution >= 4 is 28.5 Å². The standard InChI is InChI=1S/C13H12ClFOS/c1-9-12(15)7-6-11(13(9)14)5-3-4-8-17-10(2)16/h6-7H,4,8H2,1-2H3. The van der Waals surface area contributed by atoms with Crippen molar-refractivity contribution in [2.45, 2.75) is 20.3 Å². The molecule has 0 aliphatic rings. The summed E-state index contributed by atoms with van der Waals surface area (Å²) in [6.45, 7) is 3.15. The molecule has 4 heteroatoms. The molecule has 0 radical (unpaired) electrons. The summed E-state index contributed by atoms with van der Waals surface area (Å²) in [7, 11) is 0. The van der Waals surface area contributed by atoms with E-state index < -0.39 is 0 Å². The Morgan fingerprint density at radius 1 is 1.53 bits per heavy atom. The van der Waals surface area contributed by atoms with Crippen LogP contribution in [0, 0.1) is 24.6 Å². The molecule has 0 spiro atoms. The zero-order chi connectivity index (χ0) is 12.8. The smallest absolute Gasteiger partial charge is 0.185 e. The predicted octanol–water partition coefficient (Wildman–Crippen LogP) is 3.81. The van der Waals surface area contributed by atoms with E-state index in [1.54, 1.807) is 13.0 Å². The molecule has 0 aliphatic heterocycles. The summed E-state index contributed by atoms with van der Waals surface area (Å²) < 4.78 is 13.1. The van der Waals surface area contributed by atoms with Crippen LogP contribution in [0.25, 0.3) is 0 Å². The van der Waals surface area contributed by atoms with Gasteiger partial charge in [0.1, 0.15) is 5.82 Å². The lowest BCUT2D eigenvalue weighted by Crippen LogP contribution is -1.88. The molecule has 0 unspecified atom stereocenters. The normalized spacial score (nSPS) is 9.65. The summed E-state index contributed by atoms with van der Waals surface area (Å²) in [4.78, 5) is 10.7. The van der Waals surface area contributed by atoms with Crippen LogP contribution in [0.5, 0.6) is 0 Å². The van der Waals surface area contributed by atoms with Gasteiger partial charge in [0.05, 0.1) is 5.02 Å². The lowest BCUT2D eigenvalue weighted by molar-refractivity contribution is -0.109. The molecule has 17 heavy (non-hydrogen) atoms. The number of thioether (sulfide) groups is 1. The molecule has 1 aromatic rings. The van der Waals surface area contributed by atoms with Gasteiger partial charge in [-0.25, -0.2) is 4.39 Å². The van der Waals surface area contributed by atoms with Crippen molar-refractivity contribution < 1.29 is 9.18 Å². The van der Waals surface area contributed by atoms with Gasteiger partial charge in [0.15, 0.2) is 5.12 Å². The van der Waals surface area contributed by atoms with Crippen LogP contribution >= 0.6 is 23.4 Å². The van der Waals surface area contributed by atoms with E-state index in [1.165, 1.54) is 24.8 Å². The molecule has 0 aliphatic carbocycles. The fourth-order valence-electron chi connectivity index (χ4n) is 1.16. The first-order chi connectivity index (χ1) is 8.02. The summed E-state index contributed by atoms with van der Waals surface area (Å²) >= 11 is 7.20. The molecule has 1 nitrogen and oxygen atoms in total. The Morgan fingerprint density at radius 3 is 2.88 bits per heavy atom. The maximum absolute atomic E-state index is 13.1. The first-order valence-electron chi connectivity index (χ1n) is 5.09. The average Bonchev–Trinajstić information content (AvgIpc) is 2.28. The quantitative estimate of drug-likeness (QED) is 0.600. The number of benzene rings is 1. The second-order valence-electron chi connectivity index (χ2n) is 3.43. The van der Waals surface area contributed by atoms with Gasteiger partial charge in [-0.3, -0.25) is 4.79 Å². The minimum Gasteiger partial charge on any atom is -0.288 e. The Labute approximate surface area is 110 Å². The molecule has 0 bridgehead atoms. The Morgan fingerprint density at radius 2 is 2.24 bits per heavy atom. The second kappa shape index (κ2) is 6.68. The van der Waals surface area contributed by atoms with Crippen molar-refractivity contribution in [3.63, 3.8) is 0 Å². The topological polar surface area (TPSA) is 17.1 Å². The van der Waals surface area contributed by atoms with E-state index in [9.17, 15) is 9.18 Å². The van der Waals surface area contributed by atoms with E-state index in [1.807, 2.05) is 0 Å². The lowest BCUT2D eigenvalue weighted by atomic mass is 10.1. The Balaban J connectivity index is 2.66. The van der Waals surface area contributed by atoms with Crippen LogP contribution in [-0.4, -0.2) is 10.9 Å². The van der Waals surface area contributed by atoms with E-state index >= 15 is 0 Å². The maximum Gasteiger partial charge on any atom is 0.185 e. The van der Waals surface area contributed by atoms with Gasteiger partial charge in [-0.1, -0.05) is 35.2 Å². The summed E-state index contributed by atoms with van der Waals surface area (Å²) in [6.07, 6.45) is 0.608. The fourth-order valence-corrected chi connectivity index (χ4v) is 1.85. The molecule has 0 amide bonds. The Bertz CT molecular complexity index is 488. The maximum atomic E-state index is 13.1. The zero-order valence-electron chi connectivity index (χ0n) is 9.64. The summed E-state index contributed by atoms with van der Waals surface area (Å²) in [5.41, 5.74) is 1.04. The van der Waals surface area contributed by atoms with Crippen LogP contribution in [0.15, 0.2) is 12.1 Å². The summed E-state index contributed by atoms with van der Waals surface area (Å²) in [6, 6.07) is 2.92. The van der Waals surface area contributed by atoms with E-state index in [0.717, 1.165) is 0 Å². The molecule has 0 N–H and O–H groups in total. The first kappa shape index (κ1) is 14.1. The predicted molar refractivity (Wildman–Crippen MR) is 70.8 cm³/mol. The minimum atomic E-state index is -0.326. The first-order valence-corrected chi connectivity index (χ1v) is 6.45. The largest absolute Gasteiger partial charge is 0.288 e. The van der Waals surface area contributed by atoms with Gasteiger partial charge in [-0.05, 0) is 19.1 Å². The van der Waals surface area contributed by atoms with Crippen LogP contribution in [0.4, 0.5) is 4.39 Å². The third-order valence-corrected chi connectivity index (χ3v) is 3.38. The third kappa shape index (κ3) is 4.41. The highest BCUT2D eigenvalue weighted by molar-refractivity contribution is 8.13. The van der Waals surface area contributed by atoms with Crippen LogP contribution in [0.3, 0.4) is 0 Å². The number of rotatable bonds is 2. The van der Waals surface area contributed by atoms with Crippen LogP contribution in [-0.2, 0) is 4.79 Å². The Hall–Kier alpha value is -0.980. The van der Waals surface area contributed by atoms with Gasteiger partial charge in [0.25, 0.3) is 0 Å². The second-order valence-corrected chi connectivity index (χ2v) is 5.08. The number of carbonyl (C=O) groups excluding carboxylic acids is 1. The van der Waals surface area contributed by atoms with Gasteiger partial charge in [-0.2, -0.15) is 0 Å². The molecule has 0 aromatic heterocycles. The minimum absolute atomic E-state index is 0.0856. The van der Waals surface area contributed by atoms with Gasteiger partial charge >= 0.3 is 0 Å². The zero-order valence-corrected chi connectivity index (χ0v) is 11.2. The molecular weight excluding hydrogens is 259 g/mol. The molecule has 0 saturated heterocycles. The molecule has 0 saturated carbocycles. The summed E-state index contributed by atoms with van der Waals surface area (Å²) in [5, 5.41) is 0.444. The van der Waals surface area contributed by atoms with Gasteiger partial charge in [0.2, 0.25) is 0 Å². The van der Waals surface area contributed by atoms with Crippen molar-refractivity contribution in [1.82, 2.24) is 0 Å². The van der Waals surface area contributed by atoms with Crippen molar-refractivity contribution in [1.29, 1.82) is 0 Å². The molecule has 90 valence electrons. The number of halogens is 2. The highest BCUT2D eigenvalue weighted by atomic mass is 35.5. The van der Waals surface area contributed by atoms with E-state index in [-0.39, 0.29) is 10.9 Å². The van der Waals surface area contributed by atoms with E-state index in [2.05, 4.69) is 11.8 Å². The monoisotopic (exact) mass is 270 g/mol. The Kier molecular flexibility index (Phi) is 5.54. The molecule has 0 atom stereocenters. The highest BCUT2D eigenvalue weighted by Gasteiger charge is 2.05. The third-order valence-electron chi connectivity index (χ3n) is 2.08. The van der Waals surface area contributed by atoms with Crippen LogP contribution in [0.1, 0.15) is 24.5 Å². The number of carbonyl (C=O) groups is 1. The van der Waals surface area contributed by atoms with Crippen LogP contribution in [0.2, 0.25) is 5.02 Å². The van der Waals surface area contributed by atoms with Crippen molar-refractivity contribution in [2.24, 2.45) is 0 Å². The summed E-state index contributed by atoms with van der Waals surface area (Å²) in [5.74, 6) is 6.14. The van der Waals surface area contributed by atoms with E-state index in [4.69, 9.17) is 11.6 Å². The van der Waals surface area contributed by atoms with Gasteiger partial charge < -0.3 is 0 Å². The van der Waals surface area contributed by atoms with Crippen molar-refractivity contribution in [3.8, 4) is 11.8 Å². The van der Waals surface area contributed by atoms with Crippen molar-refractivity contribution in [2.75, 3.05) is 5.75 Å².